The standard InChI is InChI=1S/C20H28N2O2/c1-24-19-7-6-14-4-2-3-5-16(14)17(19)12-20(23)21-18-13-22-10-8-15(18)9-11-22/h6-7,15,18H,2-5,8-13H2,1H3,(H,21,23)/t18-/m1/s1. The van der Waals surface area contributed by atoms with E-state index < -0.39 is 0 Å². The van der Waals surface area contributed by atoms with Crippen molar-refractivity contribution in [2.75, 3.05) is 26.7 Å². The van der Waals surface area contributed by atoms with Crippen LogP contribution in [0.15, 0.2) is 12.1 Å². The van der Waals surface area contributed by atoms with Crippen LogP contribution in [0.4, 0.5) is 0 Å². The summed E-state index contributed by atoms with van der Waals surface area (Å²) in [5, 5.41) is 3.32. The third-order valence-electron chi connectivity index (χ3n) is 6.17. The molecule has 0 unspecified atom stereocenters. The highest BCUT2D eigenvalue weighted by molar-refractivity contribution is 5.80. The van der Waals surface area contributed by atoms with Gasteiger partial charge < -0.3 is 15.0 Å². The molecule has 0 radical (unpaired) electrons. The normalized spacial score (nSPS) is 28.3. The van der Waals surface area contributed by atoms with Gasteiger partial charge in [-0.25, -0.2) is 0 Å². The first-order chi connectivity index (χ1) is 11.7. The molecule has 3 fully saturated rings. The topological polar surface area (TPSA) is 41.6 Å². The highest BCUT2D eigenvalue weighted by Crippen LogP contribution is 2.32. The molecule has 4 nitrogen and oxygen atoms in total. The maximum Gasteiger partial charge on any atom is 0.224 e. The number of ether oxygens (including phenoxy) is 1. The molecule has 3 aliphatic heterocycles. The minimum atomic E-state index is 0.158. The van der Waals surface area contributed by atoms with Crippen LogP contribution in [0.3, 0.4) is 0 Å². The van der Waals surface area contributed by atoms with Crippen LogP contribution in [0.2, 0.25) is 0 Å². The van der Waals surface area contributed by atoms with Crippen molar-refractivity contribution in [3.05, 3.63) is 28.8 Å². The molecular weight excluding hydrogens is 300 g/mol. The summed E-state index contributed by atoms with van der Waals surface area (Å²) in [5.41, 5.74) is 3.89. The van der Waals surface area contributed by atoms with Crippen LogP contribution in [-0.2, 0) is 24.1 Å². The number of amides is 1. The lowest BCUT2D eigenvalue weighted by atomic mass is 9.83. The summed E-state index contributed by atoms with van der Waals surface area (Å²) in [7, 11) is 1.71. The molecule has 4 heteroatoms. The zero-order chi connectivity index (χ0) is 16.5. The van der Waals surface area contributed by atoms with E-state index >= 15 is 0 Å². The smallest absolute Gasteiger partial charge is 0.224 e. The lowest BCUT2D eigenvalue weighted by molar-refractivity contribution is -0.122. The largest absolute Gasteiger partial charge is 0.496 e. The second-order valence-electron chi connectivity index (χ2n) is 7.58. The molecule has 1 amide bonds. The van der Waals surface area contributed by atoms with Crippen LogP contribution in [-0.4, -0.2) is 43.6 Å². The summed E-state index contributed by atoms with van der Waals surface area (Å²) in [6.07, 6.45) is 7.60. The number of piperidine rings is 3. The van der Waals surface area contributed by atoms with Gasteiger partial charge in [0.15, 0.2) is 0 Å². The molecule has 130 valence electrons. The minimum Gasteiger partial charge on any atom is -0.496 e. The Morgan fingerprint density at radius 3 is 2.75 bits per heavy atom. The van der Waals surface area contributed by atoms with Crippen LogP contribution >= 0.6 is 0 Å². The first kappa shape index (κ1) is 15.9. The average Bonchev–Trinajstić information content (AvgIpc) is 2.63. The van der Waals surface area contributed by atoms with E-state index in [9.17, 15) is 4.79 Å². The van der Waals surface area contributed by atoms with Crippen molar-refractivity contribution in [3.63, 3.8) is 0 Å². The zero-order valence-electron chi connectivity index (χ0n) is 14.6. The van der Waals surface area contributed by atoms with Crippen LogP contribution in [0, 0.1) is 5.92 Å². The summed E-state index contributed by atoms with van der Waals surface area (Å²) in [5.74, 6) is 1.70. The van der Waals surface area contributed by atoms with Crippen molar-refractivity contribution >= 4 is 5.91 Å². The molecule has 0 spiro atoms. The fourth-order valence-corrected chi connectivity index (χ4v) is 4.81. The van der Waals surface area contributed by atoms with Crippen molar-refractivity contribution in [1.82, 2.24) is 10.2 Å². The van der Waals surface area contributed by atoms with Crippen LogP contribution in [0.1, 0.15) is 42.4 Å². The van der Waals surface area contributed by atoms with Gasteiger partial charge in [0.25, 0.3) is 0 Å². The molecule has 24 heavy (non-hydrogen) atoms. The second kappa shape index (κ2) is 6.75. The molecule has 5 rings (SSSR count). The lowest BCUT2D eigenvalue weighted by Crippen LogP contribution is -2.57. The van der Waals surface area contributed by atoms with Crippen molar-refractivity contribution in [2.45, 2.75) is 51.0 Å². The molecule has 3 heterocycles. The molecule has 1 atom stereocenters. The van der Waals surface area contributed by atoms with Crippen molar-refractivity contribution in [2.24, 2.45) is 5.92 Å². The van der Waals surface area contributed by atoms with Gasteiger partial charge in [0.2, 0.25) is 5.91 Å². The highest BCUT2D eigenvalue weighted by atomic mass is 16.5. The van der Waals surface area contributed by atoms with Crippen molar-refractivity contribution < 1.29 is 9.53 Å². The first-order valence-electron chi connectivity index (χ1n) is 9.44. The zero-order valence-corrected chi connectivity index (χ0v) is 14.6. The van der Waals surface area contributed by atoms with E-state index in [-0.39, 0.29) is 5.91 Å². The average molecular weight is 328 g/mol. The molecule has 4 aliphatic rings. The number of methoxy groups -OCH3 is 1. The van der Waals surface area contributed by atoms with E-state index in [1.54, 1.807) is 7.11 Å². The molecule has 1 N–H and O–H groups in total. The monoisotopic (exact) mass is 328 g/mol. The fraction of sp³-hybridized carbons (Fsp3) is 0.650. The maximum atomic E-state index is 12.7. The van der Waals surface area contributed by atoms with E-state index in [4.69, 9.17) is 4.74 Å². The minimum absolute atomic E-state index is 0.158. The molecule has 3 saturated heterocycles. The highest BCUT2D eigenvalue weighted by Gasteiger charge is 2.35. The van der Waals surface area contributed by atoms with Crippen LogP contribution < -0.4 is 10.1 Å². The summed E-state index contributed by atoms with van der Waals surface area (Å²) in [4.78, 5) is 15.2. The second-order valence-corrected chi connectivity index (χ2v) is 7.58. The Kier molecular flexibility index (Phi) is 4.49. The number of rotatable bonds is 4. The predicted molar refractivity (Wildman–Crippen MR) is 94.4 cm³/mol. The number of carbonyl (C=O) groups excluding carboxylic acids is 1. The molecule has 0 saturated carbocycles. The van der Waals surface area contributed by atoms with E-state index in [2.05, 4.69) is 16.3 Å². The number of hydrogen-bond acceptors (Lipinski definition) is 3. The Labute approximate surface area is 144 Å². The van der Waals surface area contributed by atoms with Crippen molar-refractivity contribution in [3.8, 4) is 5.75 Å². The Morgan fingerprint density at radius 2 is 2.04 bits per heavy atom. The number of carbonyl (C=O) groups is 1. The molecule has 0 aromatic heterocycles. The van der Waals surface area contributed by atoms with Gasteiger partial charge in [-0.15, -0.1) is 0 Å². The molecular formula is C20H28N2O2. The number of fused-ring (bicyclic) bond motifs is 4. The van der Waals surface area contributed by atoms with E-state index in [1.807, 2.05) is 6.07 Å². The third-order valence-corrected chi connectivity index (χ3v) is 6.17. The van der Waals surface area contributed by atoms with Crippen molar-refractivity contribution in [1.29, 1.82) is 0 Å². The summed E-state index contributed by atoms with van der Waals surface area (Å²) in [6, 6.07) is 4.56. The van der Waals surface area contributed by atoms with Gasteiger partial charge in [-0.1, -0.05) is 6.07 Å². The van der Waals surface area contributed by atoms with Gasteiger partial charge in [0.05, 0.1) is 13.5 Å². The van der Waals surface area contributed by atoms with Gasteiger partial charge in [-0.3, -0.25) is 4.79 Å². The first-order valence-corrected chi connectivity index (χ1v) is 9.44. The third kappa shape index (κ3) is 3.04. The molecule has 2 bridgehead atoms. The van der Waals surface area contributed by atoms with E-state index in [1.165, 1.54) is 49.9 Å². The molecule has 1 aliphatic carbocycles. The van der Waals surface area contributed by atoms with E-state index in [0.717, 1.165) is 30.7 Å². The van der Waals surface area contributed by atoms with E-state index in [0.29, 0.717) is 18.4 Å². The van der Waals surface area contributed by atoms with Crippen LogP contribution in [0.25, 0.3) is 0 Å². The molecule has 1 aromatic carbocycles. The van der Waals surface area contributed by atoms with Gasteiger partial charge in [-0.05, 0) is 74.7 Å². The Bertz CT molecular complexity index is 620. The fourth-order valence-electron chi connectivity index (χ4n) is 4.81. The molecule has 1 aromatic rings. The van der Waals surface area contributed by atoms with Crippen LogP contribution in [0.5, 0.6) is 5.75 Å². The number of hydrogen-bond donors (Lipinski definition) is 1. The summed E-state index contributed by atoms with van der Waals surface area (Å²) < 4.78 is 5.56. The number of nitrogens with zero attached hydrogens (tertiary/aromatic N) is 1. The van der Waals surface area contributed by atoms with Gasteiger partial charge in [0, 0.05) is 18.2 Å². The Morgan fingerprint density at radius 1 is 1.25 bits per heavy atom. The lowest BCUT2D eigenvalue weighted by Gasteiger charge is -2.45. The maximum absolute atomic E-state index is 12.7. The summed E-state index contributed by atoms with van der Waals surface area (Å²) >= 11 is 0. The summed E-state index contributed by atoms with van der Waals surface area (Å²) in [6.45, 7) is 3.44. The SMILES string of the molecule is COc1ccc2c(c1CC(=O)N[C@@H]1CN3CCC1CC3)CCCC2. The van der Waals surface area contributed by atoms with Gasteiger partial charge in [-0.2, -0.15) is 0 Å². The number of aryl methyl sites for hydroxylation is 1. The Balaban J connectivity index is 1.49. The number of benzene rings is 1. The quantitative estimate of drug-likeness (QED) is 0.922. The van der Waals surface area contributed by atoms with Gasteiger partial charge >= 0.3 is 0 Å². The van der Waals surface area contributed by atoms with Gasteiger partial charge in [0.1, 0.15) is 5.75 Å². The predicted octanol–water partition coefficient (Wildman–Crippen LogP) is 2.33. The number of nitrogens with one attached hydrogen (secondary N) is 1. The Hall–Kier alpha value is -1.55.